The van der Waals surface area contributed by atoms with Crippen LogP contribution in [0.5, 0.6) is 0 Å². The van der Waals surface area contributed by atoms with E-state index in [0.717, 1.165) is 0 Å². The van der Waals surface area contributed by atoms with E-state index in [2.05, 4.69) is 0 Å². The predicted octanol–water partition coefficient (Wildman–Crippen LogP) is 0.406. The van der Waals surface area contributed by atoms with Gasteiger partial charge in [0.15, 0.2) is 6.17 Å². The normalized spacial score (nSPS) is 18.9. The number of hydrogen-bond acceptors (Lipinski definition) is 2. The molecule has 0 aromatic heterocycles. The van der Waals surface area contributed by atoms with Crippen LogP contribution in [-0.2, 0) is 4.57 Å². The fourth-order valence-electron chi connectivity index (χ4n) is 0.335. The average Bonchev–Trinajstić information content (AvgIpc) is 1.84. The van der Waals surface area contributed by atoms with E-state index < -0.39 is 19.9 Å². The summed E-state index contributed by atoms with van der Waals surface area (Å²) in [6.45, 7) is 1.17. The zero-order valence-corrected chi connectivity index (χ0v) is 6.01. The van der Waals surface area contributed by atoms with E-state index in [0.29, 0.717) is 0 Å². The highest BCUT2D eigenvalue weighted by molar-refractivity contribution is 7.38. The molecular formula is C4H10FNO2P+. The molecule has 0 aromatic carbocycles. The molecule has 0 radical (unpaired) electrons. The van der Waals surface area contributed by atoms with Crippen LogP contribution in [0.15, 0.2) is 0 Å². The Labute approximate surface area is 53.9 Å². The predicted molar refractivity (Wildman–Crippen MR) is 33.2 cm³/mol. The number of rotatable bonds is 3. The highest BCUT2D eigenvalue weighted by atomic mass is 31.1. The molecule has 0 rings (SSSR count). The fourth-order valence-corrected chi connectivity index (χ4v) is 0.734. The molecule has 0 heterocycles. The lowest BCUT2D eigenvalue weighted by Crippen LogP contribution is -2.24. The average molecular weight is 154 g/mol. The topological polar surface area (TPSA) is 63.3 Å². The standard InChI is InChI=1S/C4H9FNO2P/c1-3(9(7)8)4(5)2-6/h3-4H,2,6H2,1H3/p+1. The molecule has 54 valence electrons. The molecule has 0 aliphatic rings. The Balaban J connectivity index is 3.72. The zero-order chi connectivity index (χ0) is 7.44. The van der Waals surface area contributed by atoms with Gasteiger partial charge in [0.25, 0.3) is 0 Å². The summed E-state index contributed by atoms with van der Waals surface area (Å²) in [7, 11) is -2.41. The summed E-state index contributed by atoms with van der Waals surface area (Å²) >= 11 is 0. The van der Waals surface area contributed by atoms with E-state index in [1.54, 1.807) is 0 Å². The van der Waals surface area contributed by atoms with Gasteiger partial charge in [-0.05, 0) is 11.5 Å². The summed E-state index contributed by atoms with van der Waals surface area (Å²) < 4.78 is 22.5. The molecule has 3 nitrogen and oxygen atoms in total. The van der Waals surface area contributed by atoms with Crippen molar-refractivity contribution in [3.05, 3.63) is 0 Å². The Morgan fingerprint density at radius 1 is 1.89 bits per heavy atom. The second-order valence-electron chi connectivity index (χ2n) is 1.79. The monoisotopic (exact) mass is 154 g/mol. The first-order valence-electron chi connectivity index (χ1n) is 2.59. The minimum atomic E-state index is -2.41. The van der Waals surface area contributed by atoms with Crippen molar-refractivity contribution in [2.75, 3.05) is 6.54 Å². The second kappa shape index (κ2) is 3.88. The van der Waals surface area contributed by atoms with Crippen molar-refractivity contribution in [2.24, 2.45) is 5.73 Å². The Morgan fingerprint density at radius 2 is 2.33 bits per heavy atom. The highest BCUT2D eigenvalue weighted by Crippen LogP contribution is 2.25. The summed E-state index contributed by atoms with van der Waals surface area (Å²) in [5.74, 6) is 0. The third-order valence-corrected chi connectivity index (χ3v) is 2.12. The minimum Gasteiger partial charge on any atom is -0.328 e. The molecule has 3 unspecified atom stereocenters. The van der Waals surface area contributed by atoms with Crippen LogP contribution in [0.2, 0.25) is 0 Å². The van der Waals surface area contributed by atoms with E-state index in [1.165, 1.54) is 6.92 Å². The summed E-state index contributed by atoms with van der Waals surface area (Å²) in [6, 6.07) is 0. The van der Waals surface area contributed by atoms with Crippen LogP contribution in [0.3, 0.4) is 0 Å². The smallest absolute Gasteiger partial charge is 0.328 e. The first-order valence-corrected chi connectivity index (χ1v) is 3.87. The highest BCUT2D eigenvalue weighted by Gasteiger charge is 2.31. The fraction of sp³-hybridized carbons (Fsp3) is 1.00. The molecule has 0 bridgehead atoms. The summed E-state index contributed by atoms with van der Waals surface area (Å²) in [6.07, 6.45) is -1.36. The Kier molecular flexibility index (Phi) is 3.86. The van der Waals surface area contributed by atoms with Gasteiger partial charge in [-0.1, -0.05) is 0 Å². The molecule has 0 saturated carbocycles. The van der Waals surface area contributed by atoms with E-state index in [-0.39, 0.29) is 6.54 Å². The van der Waals surface area contributed by atoms with Gasteiger partial charge in [-0.3, -0.25) is 0 Å². The van der Waals surface area contributed by atoms with Gasteiger partial charge >= 0.3 is 8.03 Å². The van der Waals surface area contributed by atoms with Crippen molar-refractivity contribution in [3.63, 3.8) is 0 Å². The van der Waals surface area contributed by atoms with Crippen LogP contribution >= 0.6 is 8.03 Å². The van der Waals surface area contributed by atoms with Gasteiger partial charge in [0, 0.05) is 6.54 Å². The van der Waals surface area contributed by atoms with Crippen molar-refractivity contribution < 1.29 is 13.8 Å². The van der Waals surface area contributed by atoms with Crippen LogP contribution < -0.4 is 5.73 Å². The van der Waals surface area contributed by atoms with Crippen LogP contribution in [0.1, 0.15) is 6.92 Å². The lowest BCUT2D eigenvalue weighted by Gasteiger charge is -2.00. The van der Waals surface area contributed by atoms with Crippen LogP contribution in [0, 0.1) is 0 Å². The number of alkyl halides is 1. The van der Waals surface area contributed by atoms with Gasteiger partial charge < -0.3 is 5.73 Å². The van der Waals surface area contributed by atoms with E-state index in [4.69, 9.17) is 10.6 Å². The van der Waals surface area contributed by atoms with Gasteiger partial charge in [-0.2, -0.15) is 4.89 Å². The van der Waals surface area contributed by atoms with Gasteiger partial charge in [-0.25, -0.2) is 4.39 Å². The molecule has 0 aliphatic carbocycles. The van der Waals surface area contributed by atoms with E-state index in [1.807, 2.05) is 0 Å². The van der Waals surface area contributed by atoms with Crippen molar-refractivity contribution in [3.8, 4) is 0 Å². The minimum absolute atomic E-state index is 0.192. The molecule has 0 fully saturated rings. The molecule has 9 heavy (non-hydrogen) atoms. The number of hydrogen-bond donors (Lipinski definition) is 2. The van der Waals surface area contributed by atoms with Crippen LogP contribution in [-0.4, -0.2) is 23.3 Å². The van der Waals surface area contributed by atoms with Crippen molar-refractivity contribution in [1.82, 2.24) is 0 Å². The molecule has 0 saturated heterocycles. The zero-order valence-electron chi connectivity index (χ0n) is 5.12. The molecule has 0 amide bonds. The number of nitrogens with two attached hydrogens (primary N) is 1. The summed E-state index contributed by atoms with van der Waals surface area (Å²) in [5.41, 5.74) is 4.05. The molecule has 0 aliphatic heterocycles. The molecule has 0 aromatic rings. The molecule has 5 heteroatoms. The third-order valence-electron chi connectivity index (χ3n) is 1.10. The quantitative estimate of drug-likeness (QED) is 0.578. The maximum absolute atomic E-state index is 12.3. The molecule has 3 atom stereocenters. The van der Waals surface area contributed by atoms with Gasteiger partial charge in [0.05, 0.1) is 0 Å². The lowest BCUT2D eigenvalue weighted by molar-refractivity contribution is 0.325. The lowest BCUT2D eigenvalue weighted by atomic mass is 10.3. The molecule has 0 spiro atoms. The van der Waals surface area contributed by atoms with Crippen LogP contribution in [0.4, 0.5) is 4.39 Å². The van der Waals surface area contributed by atoms with Crippen LogP contribution in [0.25, 0.3) is 0 Å². The maximum atomic E-state index is 12.3. The summed E-state index contributed by atoms with van der Waals surface area (Å²) in [5, 5.41) is 0. The SMILES string of the molecule is CC(C(F)CN)[P+](=O)O. The third kappa shape index (κ3) is 2.84. The van der Waals surface area contributed by atoms with Gasteiger partial charge in [0.1, 0.15) is 0 Å². The molecule has 3 N–H and O–H groups in total. The Morgan fingerprint density at radius 3 is 2.44 bits per heavy atom. The second-order valence-corrected chi connectivity index (χ2v) is 3.21. The van der Waals surface area contributed by atoms with Gasteiger partial charge in [-0.15, -0.1) is 0 Å². The van der Waals surface area contributed by atoms with Crippen molar-refractivity contribution in [1.29, 1.82) is 0 Å². The Hall–Kier alpha value is -0.0500. The molecular weight excluding hydrogens is 144 g/mol. The first kappa shape index (κ1) is 8.95. The Bertz CT molecular complexity index is 111. The largest absolute Gasteiger partial charge is 0.511 e. The van der Waals surface area contributed by atoms with E-state index >= 15 is 0 Å². The number of halogens is 1. The van der Waals surface area contributed by atoms with E-state index in [9.17, 15) is 8.96 Å². The van der Waals surface area contributed by atoms with Gasteiger partial charge in [0.2, 0.25) is 5.66 Å². The van der Waals surface area contributed by atoms with Crippen molar-refractivity contribution in [2.45, 2.75) is 18.8 Å². The first-order chi connectivity index (χ1) is 4.09. The summed E-state index contributed by atoms with van der Waals surface area (Å²) in [4.78, 5) is 8.34. The van der Waals surface area contributed by atoms with Crippen molar-refractivity contribution >= 4 is 8.03 Å². The maximum Gasteiger partial charge on any atom is 0.511 e.